The summed E-state index contributed by atoms with van der Waals surface area (Å²) in [6.07, 6.45) is 52.0. The lowest BCUT2D eigenvalue weighted by Crippen LogP contribution is -2.30. The van der Waals surface area contributed by atoms with Gasteiger partial charge in [0.1, 0.15) is 13.2 Å². The predicted octanol–water partition coefficient (Wildman–Crippen LogP) is 14.5. The SMILES string of the molecule is CC/C=C\C/C=C\C/C=C\CCCCCCCC(=O)OC[C@H](COC(=O)CCCCCCC/C=C\CCCC)OC(=O)CCCCCCC/C=C\CCCC. The highest BCUT2D eigenvalue weighted by atomic mass is 16.6. The third-order valence-electron chi connectivity index (χ3n) is 9.48. The summed E-state index contributed by atoms with van der Waals surface area (Å²) in [6, 6.07) is 0. The van der Waals surface area contributed by atoms with Crippen molar-refractivity contribution in [3.05, 3.63) is 60.8 Å². The van der Waals surface area contributed by atoms with Crippen molar-refractivity contribution < 1.29 is 28.6 Å². The van der Waals surface area contributed by atoms with E-state index in [-0.39, 0.29) is 31.1 Å². The number of ether oxygens (including phenoxy) is 3. The zero-order valence-electron chi connectivity index (χ0n) is 35.9. The molecule has 55 heavy (non-hydrogen) atoms. The monoisotopic (exact) mass is 769 g/mol. The number of esters is 3. The van der Waals surface area contributed by atoms with Crippen molar-refractivity contribution in [3.63, 3.8) is 0 Å². The fourth-order valence-electron chi connectivity index (χ4n) is 6.00. The highest BCUT2D eigenvalue weighted by molar-refractivity contribution is 5.71. The van der Waals surface area contributed by atoms with E-state index in [0.29, 0.717) is 19.3 Å². The molecule has 0 unspecified atom stereocenters. The molecule has 0 aliphatic heterocycles. The Kier molecular flexibility index (Phi) is 41.5. The lowest BCUT2D eigenvalue weighted by Gasteiger charge is -2.18. The average Bonchev–Trinajstić information content (AvgIpc) is 3.18. The molecule has 0 aliphatic rings. The molecule has 0 fully saturated rings. The van der Waals surface area contributed by atoms with Gasteiger partial charge < -0.3 is 14.2 Å². The van der Waals surface area contributed by atoms with Gasteiger partial charge in [0.2, 0.25) is 0 Å². The lowest BCUT2D eigenvalue weighted by atomic mass is 10.1. The summed E-state index contributed by atoms with van der Waals surface area (Å²) in [7, 11) is 0. The number of unbranched alkanes of at least 4 members (excludes halogenated alkanes) is 19. The minimum Gasteiger partial charge on any atom is -0.462 e. The summed E-state index contributed by atoms with van der Waals surface area (Å²) in [5.74, 6) is -0.929. The predicted molar refractivity (Wildman–Crippen MR) is 233 cm³/mol. The third kappa shape index (κ3) is 42.1. The second-order valence-corrected chi connectivity index (χ2v) is 14.9. The van der Waals surface area contributed by atoms with Gasteiger partial charge in [-0.2, -0.15) is 0 Å². The van der Waals surface area contributed by atoms with Gasteiger partial charge in [-0.1, -0.05) is 165 Å². The molecule has 0 aromatic rings. The Morgan fingerprint density at radius 2 is 0.709 bits per heavy atom. The van der Waals surface area contributed by atoms with E-state index in [2.05, 4.69) is 81.5 Å². The molecule has 6 heteroatoms. The number of rotatable bonds is 40. The maximum absolute atomic E-state index is 12.7. The van der Waals surface area contributed by atoms with Gasteiger partial charge in [0.25, 0.3) is 0 Å². The van der Waals surface area contributed by atoms with E-state index in [4.69, 9.17) is 14.2 Å². The maximum Gasteiger partial charge on any atom is 0.306 e. The van der Waals surface area contributed by atoms with Crippen LogP contribution < -0.4 is 0 Å². The fraction of sp³-hybridized carbons (Fsp3) is 0.735. The first kappa shape index (κ1) is 52.1. The molecule has 316 valence electrons. The highest BCUT2D eigenvalue weighted by Crippen LogP contribution is 2.13. The molecule has 0 heterocycles. The number of allylic oxidation sites excluding steroid dienone is 10. The van der Waals surface area contributed by atoms with E-state index < -0.39 is 6.10 Å². The van der Waals surface area contributed by atoms with Crippen LogP contribution in [0.25, 0.3) is 0 Å². The number of hydrogen-bond donors (Lipinski definition) is 0. The summed E-state index contributed by atoms with van der Waals surface area (Å²) in [5, 5.41) is 0. The summed E-state index contributed by atoms with van der Waals surface area (Å²) in [6.45, 7) is 6.40. The van der Waals surface area contributed by atoms with E-state index in [0.717, 1.165) is 116 Å². The first-order chi connectivity index (χ1) is 27.0. The van der Waals surface area contributed by atoms with Crippen LogP contribution in [-0.2, 0) is 28.6 Å². The number of carbonyl (C=O) groups excluding carboxylic acids is 3. The topological polar surface area (TPSA) is 78.9 Å². The highest BCUT2D eigenvalue weighted by Gasteiger charge is 2.19. The van der Waals surface area contributed by atoms with Gasteiger partial charge in [-0.05, 0) is 89.9 Å². The molecule has 0 N–H and O–H groups in total. The van der Waals surface area contributed by atoms with E-state index in [1.165, 1.54) is 57.8 Å². The second kappa shape index (κ2) is 43.8. The van der Waals surface area contributed by atoms with Gasteiger partial charge in [-0.25, -0.2) is 0 Å². The Labute approximate surface area is 339 Å². The van der Waals surface area contributed by atoms with Crippen molar-refractivity contribution in [1.82, 2.24) is 0 Å². The van der Waals surface area contributed by atoms with Crippen LogP contribution in [0.1, 0.15) is 213 Å². The standard InChI is InChI=1S/C49H84O6/c1-4-7-10-13-16-19-22-23-24-25-28-30-33-36-39-42-48(51)54-45-46(55-49(52)43-40-37-34-31-27-21-18-15-12-9-6-3)44-53-47(50)41-38-35-32-29-26-20-17-14-11-8-5-2/h7,10,14-19,23-24,46H,4-6,8-9,11-13,20-22,25-45H2,1-3H3/b10-7-,17-14-,18-15-,19-16-,24-23-/t46-/m0/s1. The summed E-state index contributed by atoms with van der Waals surface area (Å²) in [5.41, 5.74) is 0. The van der Waals surface area contributed by atoms with E-state index in [1.54, 1.807) is 0 Å². The minimum atomic E-state index is -0.785. The quantitative estimate of drug-likeness (QED) is 0.0267. The van der Waals surface area contributed by atoms with Crippen LogP contribution in [0.2, 0.25) is 0 Å². The Hall–Kier alpha value is -2.89. The van der Waals surface area contributed by atoms with Crippen molar-refractivity contribution in [3.8, 4) is 0 Å². The van der Waals surface area contributed by atoms with Crippen LogP contribution in [-0.4, -0.2) is 37.2 Å². The molecule has 0 saturated carbocycles. The summed E-state index contributed by atoms with van der Waals surface area (Å²) >= 11 is 0. The molecule has 0 aliphatic carbocycles. The largest absolute Gasteiger partial charge is 0.462 e. The summed E-state index contributed by atoms with van der Waals surface area (Å²) < 4.78 is 16.7. The van der Waals surface area contributed by atoms with Crippen molar-refractivity contribution in [2.75, 3.05) is 13.2 Å². The van der Waals surface area contributed by atoms with Gasteiger partial charge in [-0.15, -0.1) is 0 Å². The molecule has 0 aromatic heterocycles. The molecular weight excluding hydrogens is 685 g/mol. The Morgan fingerprint density at radius 3 is 1.13 bits per heavy atom. The third-order valence-corrected chi connectivity index (χ3v) is 9.48. The smallest absolute Gasteiger partial charge is 0.306 e. The van der Waals surface area contributed by atoms with Crippen LogP contribution in [0.4, 0.5) is 0 Å². The first-order valence-electron chi connectivity index (χ1n) is 22.8. The molecule has 0 saturated heterocycles. The molecule has 0 bridgehead atoms. The van der Waals surface area contributed by atoms with E-state index >= 15 is 0 Å². The van der Waals surface area contributed by atoms with E-state index in [9.17, 15) is 14.4 Å². The van der Waals surface area contributed by atoms with Gasteiger partial charge in [0.15, 0.2) is 6.10 Å². The molecular formula is C49H84O6. The summed E-state index contributed by atoms with van der Waals surface area (Å²) in [4.78, 5) is 37.7. The van der Waals surface area contributed by atoms with Crippen molar-refractivity contribution >= 4 is 17.9 Å². The average molecular weight is 769 g/mol. The normalized spacial score (nSPS) is 12.6. The number of hydrogen-bond acceptors (Lipinski definition) is 6. The molecule has 0 amide bonds. The fourth-order valence-corrected chi connectivity index (χ4v) is 6.00. The minimum absolute atomic E-state index is 0.0883. The molecule has 0 rings (SSSR count). The van der Waals surface area contributed by atoms with Crippen LogP contribution in [0.15, 0.2) is 60.8 Å². The van der Waals surface area contributed by atoms with Crippen LogP contribution in [0, 0.1) is 0 Å². The second-order valence-electron chi connectivity index (χ2n) is 14.9. The number of carbonyl (C=O) groups is 3. The zero-order chi connectivity index (χ0) is 40.1. The zero-order valence-corrected chi connectivity index (χ0v) is 35.9. The van der Waals surface area contributed by atoms with Gasteiger partial charge in [-0.3, -0.25) is 14.4 Å². The molecule has 0 spiro atoms. The van der Waals surface area contributed by atoms with Crippen molar-refractivity contribution in [2.24, 2.45) is 0 Å². The van der Waals surface area contributed by atoms with Gasteiger partial charge in [0.05, 0.1) is 0 Å². The Balaban J connectivity index is 4.41. The van der Waals surface area contributed by atoms with Gasteiger partial charge in [0, 0.05) is 19.3 Å². The van der Waals surface area contributed by atoms with Crippen molar-refractivity contribution in [1.29, 1.82) is 0 Å². The van der Waals surface area contributed by atoms with Crippen LogP contribution in [0.3, 0.4) is 0 Å². The lowest BCUT2D eigenvalue weighted by molar-refractivity contribution is -0.167. The molecule has 0 aromatic carbocycles. The maximum atomic E-state index is 12.7. The molecule has 0 radical (unpaired) electrons. The van der Waals surface area contributed by atoms with E-state index in [1.807, 2.05) is 0 Å². The molecule has 1 atom stereocenters. The van der Waals surface area contributed by atoms with Gasteiger partial charge >= 0.3 is 17.9 Å². The Bertz CT molecular complexity index is 1020. The first-order valence-corrected chi connectivity index (χ1v) is 22.8. The molecule has 6 nitrogen and oxygen atoms in total. The van der Waals surface area contributed by atoms with Crippen LogP contribution in [0.5, 0.6) is 0 Å². The Morgan fingerprint density at radius 1 is 0.382 bits per heavy atom. The van der Waals surface area contributed by atoms with Crippen molar-refractivity contribution in [2.45, 2.75) is 219 Å². The van der Waals surface area contributed by atoms with Crippen LogP contribution >= 0.6 is 0 Å².